The number of nitrogens with two attached hydrogens (primary N) is 1. The van der Waals surface area contributed by atoms with Gasteiger partial charge in [-0.3, -0.25) is 14.4 Å². The molecule has 2 aliphatic rings. The molecule has 2 aromatic rings. The summed E-state index contributed by atoms with van der Waals surface area (Å²) in [6.07, 6.45) is 2.35. The van der Waals surface area contributed by atoms with Crippen LogP contribution < -0.4 is 15.8 Å². The lowest BCUT2D eigenvalue weighted by Crippen LogP contribution is -2.44. The third kappa shape index (κ3) is 5.52. The van der Waals surface area contributed by atoms with Gasteiger partial charge in [-0.25, -0.2) is 0 Å². The molecule has 1 saturated heterocycles. The predicted molar refractivity (Wildman–Crippen MR) is 136 cm³/mol. The molecule has 3 N–H and O–H groups in total. The molecule has 10 heteroatoms. The van der Waals surface area contributed by atoms with Crippen molar-refractivity contribution >= 4 is 40.7 Å². The van der Waals surface area contributed by atoms with Crippen LogP contribution in [-0.4, -0.2) is 53.1 Å². The second-order valence-corrected chi connectivity index (χ2v) is 9.32. The van der Waals surface area contributed by atoms with E-state index >= 15 is 0 Å². The Kier molecular flexibility index (Phi) is 7.30. The molecule has 0 saturated carbocycles. The van der Waals surface area contributed by atoms with Crippen LogP contribution in [0.25, 0.3) is 0 Å². The molecule has 0 aliphatic carbocycles. The molecule has 1 spiro atoms. The monoisotopic (exact) mass is 510 g/mol. The van der Waals surface area contributed by atoms with Crippen LogP contribution in [0.15, 0.2) is 65.3 Å². The Morgan fingerprint density at radius 1 is 1.28 bits per heavy atom. The number of rotatable bonds is 7. The first-order chi connectivity index (χ1) is 17.2. The van der Waals surface area contributed by atoms with Crippen molar-refractivity contribution in [2.24, 2.45) is 10.9 Å². The zero-order valence-electron chi connectivity index (χ0n) is 20.0. The van der Waals surface area contributed by atoms with E-state index in [-0.39, 0.29) is 31.4 Å². The number of benzene rings is 2. The summed E-state index contributed by atoms with van der Waals surface area (Å²) in [5.41, 5.74) is 7.28. The average molecular weight is 511 g/mol. The zero-order valence-corrected chi connectivity index (χ0v) is 20.7. The molecular formula is C26H27ClN4O5. The first-order valence-electron chi connectivity index (χ1n) is 11.5. The van der Waals surface area contributed by atoms with E-state index < -0.39 is 17.6 Å². The quantitative estimate of drug-likeness (QED) is 0.553. The summed E-state index contributed by atoms with van der Waals surface area (Å²) in [5, 5.41) is 7.65. The molecule has 188 valence electrons. The van der Waals surface area contributed by atoms with E-state index in [1.165, 1.54) is 4.90 Å². The predicted octanol–water partition coefficient (Wildman–Crippen LogP) is 3.27. The largest absolute Gasteiger partial charge is 0.484 e. The standard InChI is InChI=1S/C26H27ClN4O5/c1-3-16(2)25(34)31-15-26(13-22(31)24(28)33)12-21(30-36-26)17-5-4-6-19(11-17)29-23(32)14-35-20-9-7-18(27)8-10-20/h3-11,22H,12-15H2,1-2H3,(H2,28,33)(H,29,32)/b16-3+/t22-,26?/m1/s1. The van der Waals surface area contributed by atoms with Crippen LogP contribution in [0.2, 0.25) is 5.02 Å². The fourth-order valence-corrected chi connectivity index (χ4v) is 4.42. The van der Waals surface area contributed by atoms with E-state index in [4.69, 9.17) is 26.9 Å². The number of amides is 3. The SMILES string of the molecule is C/C=C(\C)C(=O)N1CC2(CC(c3cccc(NC(=O)COc4ccc(Cl)cc4)c3)=NO2)C[C@@H]1C(N)=O. The number of hydrogen-bond donors (Lipinski definition) is 2. The van der Waals surface area contributed by atoms with Crippen molar-refractivity contribution in [3.63, 3.8) is 0 Å². The number of carbonyl (C=O) groups excluding carboxylic acids is 3. The van der Waals surface area contributed by atoms with Gasteiger partial charge in [0.15, 0.2) is 12.2 Å². The Morgan fingerprint density at radius 2 is 2.03 bits per heavy atom. The second kappa shape index (κ2) is 10.4. The normalized spacial score (nSPS) is 21.2. The van der Waals surface area contributed by atoms with Crippen LogP contribution in [0.1, 0.15) is 32.3 Å². The lowest BCUT2D eigenvalue weighted by Gasteiger charge is -2.23. The van der Waals surface area contributed by atoms with Crippen LogP contribution >= 0.6 is 11.6 Å². The summed E-state index contributed by atoms with van der Waals surface area (Å²) in [6, 6.07) is 13.2. The minimum atomic E-state index is -0.829. The first-order valence-corrected chi connectivity index (χ1v) is 11.8. The molecule has 0 aromatic heterocycles. The number of halogens is 1. The number of allylic oxidation sites excluding steroid dienone is 1. The van der Waals surface area contributed by atoms with Gasteiger partial charge >= 0.3 is 0 Å². The minimum absolute atomic E-state index is 0.164. The van der Waals surface area contributed by atoms with Crippen LogP contribution in [0, 0.1) is 0 Å². The van der Waals surface area contributed by atoms with Gasteiger partial charge in [-0.2, -0.15) is 0 Å². The molecule has 0 radical (unpaired) electrons. The number of anilines is 1. The fourth-order valence-electron chi connectivity index (χ4n) is 4.29. The Balaban J connectivity index is 1.40. The molecule has 2 aliphatic heterocycles. The lowest BCUT2D eigenvalue weighted by atomic mass is 9.91. The van der Waals surface area contributed by atoms with Gasteiger partial charge in [-0.15, -0.1) is 0 Å². The molecule has 0 bridgehead atoms. The minimum Gasteiger partial charge on any atom is -0.484 e. The number of likely N-dealkylation sites (tertiary alicyclic amines) is 1. The van der Waals surface area contributed by atoms with E-state index in [9.17, 15) is 14.4 Å². The highest BCUT2D eigenvalue weighted by molar-refractivity contribution is 6.30. The maximum absolute atomic E-state index is 12.8. The second-order valence-electron chi connectivity index (χ2n) is 8.89. The third-order valence-corrected chi connectivity index (χ3v) is 6.51. The molecule has 1 fully saturated rings. The summed E-state index contributed by atoms with van der Waals surface area (Å²) in [7, 11) is 0. The smallest absolute Gasteiger partial charge is 0.262 e. The van der Waals surface area contributed by atoms with Gasteiger partial charge < -0.3 is 25.5 Å². The number of oxime groups is 1. The molecule has 2 aromatic carbocycles. The molecule has 2 atom stereocenters. The first kappa shape index (κ1) is 25.2. The number of carbonyl (C=O) groups is 3. The Hall–Kier alpha value is -3.85. The third-order valence-electron chi connectivity index (χ3n) is 6.26. The van der Waals surface area contributed by atoms with Crippen molar-refractivity contribution in [3.05, 3.63) is 70.8 Å². The molecule has 36 heavy (non-hydrogen) atoms. The van der Waals surface area contributed by atoms with Gasteiger partial charge in [0.2, 0.25) is 11.8 Å². The van der Waals surface area contributed by atoms with E-state index in [0.717, 1.165) is 5.56 Å². The zero-order chi connectivity index (χ0) is 25.9. The molecule has 9 nitrogen and oxygen atoms in total. The van der Waals surface area contributed by atoms with Crippen molar-refractivity contribution in [1.82, 2.24) is 4.90 Å². The van der Waals surface area contributed by atoms with Crippen LogP contribution in [0.3, 0.4) is 0 Å². The van der Waals surface area contributed by atoms with Gasteiger partial charge in [0.1, 0.15) is 11.8 Å². The van der Waals surface area contributed by atoms with Gasteiger partial charge in [0.25, 0.3) is 5.91 Å². The summed E-state index contributed by atoms with van der Waals surface area (Å²) in [4.78, 5) is 44.5. The summed E-state index contributed by atoms with van der Waals surface area (Å²) >= 11 is 5.86. The molecule has 4 rings (SSSR count). The summed E-state index contributed by atoms with van der Waals surface area (Å²) < 4.78 is 5.48. The summed E-state index contributed by atoms with van der Waals surface area (Å²) in [5.74, 6) is -0.613. The van der Waals surface area contributed by atoms with Crippen LogP contribution in [0.4, 0.5) is 5.69 Å². The topological polar surface area (TPSA) is 123 Å². The highest BCUT2D eigenvalue weighted by atomic mass is 35.5. The van der Waals surface area contributed by atoms with Crippen molar-refractivity contribution in [2.75, 3.05) is 18.5 Å². The highest BCUT2D eigenvalue weighted by Gasteiger charge is 2.53. The number of ether oxygens (including phenoxy) is 1. The van der Waals surface area contributed by atoms with Gasteiger partial charge in [-0.1, -0.05) is 35.0 Å². The maximum Gasteiger partial charge on any atom is 0.262 e. The van der Waals surface area contributed by atoms with Crippen molar-refractivity contribution in [1.29, 1.82) is 0 Å². The van der Waals surface area contributed by atoms with E-state index in [1.54, 1.807) is 62.4 Å². The van der Waals surface area contributed by atoms with Gasteiger partial charge in [-0.05, 0) is 50.2 Å². The summed E-state index contributed by atoms with van der Waals surface area (Å²) in [6.45, 7) is 3.50. The van der Waals surface area contributed by atoms with E-state index in [2.05, 4.69) is 10.5 Å². The van der Waals surface area contributed by atoms with Crippen molar-refractivity contribution < 1.29 is 24.0 Å². The molecule has 1 unspecified atom stereocenters. The number of nitrogens with one attached hydrogen (secondary N) is 1. The van der Waals surface area contributed by atoms with Crippen LogP contribution in [-0.2, 0) is 19.2 Å². The molecular weight excluding hydrogens is 484 g/mol. The maximum atomic E-state index is 12.8. The van der Waals surface area contributed by atoms with Crippen molar-refractivity contribution in [2.45, 2.75) is 38.3 Å². The highest BCUT2D eigenvalue weighted by Crippen LogP contribution is 2.39. The van der Waals surface area contributed by atoms with Gasteiger partial charge in [0, 0.05) is 34.7 Å². The van der Waals surface area contributed by atoms with Crippen molar-refractivity contribution in [3.8, 4) is 5.75 Å². The number of primary amides is 1. The number of nitrogens with zero attached hydrogens (tertiary/aromatic N) is 2. The van der Waals surface area contributed by atoms with Gasteiger partial charge in [0.05, 0.1) is 12.3 Å². The Bertz CT molecular complexity index is 1240. The van der Waals surface area contributed by atoms with Crippen LogP contribution in [0.5, 0.6) is 5.75 Å². The molecule has 3 amide bonds. The van der Waals surface area contributed by atoms with E-state index in [0.29, 0.717) is 34.2 Å². The fraction of sp³-hybridized carbons (Fsp3) is 0.308. The number of hydrogen-bond acceptors (Lipinski definition) is 6. The Morgan fingerprint density at radius 3 is 2.72 bits per heavy atom. The average Bonchev–Trinajstić information content (AvgIpc) is 3.47. The molecule has 2 heterocycles. The lowest BCUT2D eigenvalue weighted by molar-refractivity contribution is -0.134. The van der Waals surface area contributed by atoms with E-state index in [1.807, 2.05) is 6.07 Å². The Labute approximate surface area is 213 Å².